The Labute approximate surface area is 134 Å². The van der Waals surface area contributed by atoms with Gasteiger partial charge in [-0.1, -0.05) is 0 Å². The smallest absolute Gasteiger partial charge is 0.269 e. The van der Waals surface area contributed by atoms with Crippen LogP contribution in [-0.4, -0.2) is 35.6 Å². The highest BCUT2D eigenvalue weighted by atomic mass is 35.5. The van der Waals surface area contributed by atoms with E-state index in [2.05, 4.69) is 15.4 Å². The molecular weight excluding hydrogens is 308 g/mol. The van der Waals surface area contributed by atoms with Crippen LogP contribution in [0.2, 0.25) is 0 Å². The lowest BCUT2D eigenvalue weighted by atomic mass is 10.2. The second-order valence-electron chi connectivity index (χ2n) is 4.94. The van der Waals surface area contributed by atoms with Crippen molar-refractivity contribution in [2.75, 3.05) is 7.11 Å². The Morgan fingerprint density at radius 1 is 1.27 bits per heavy atom. The van der Waals surface area contributed by atoms with Crippen LogP contribution in [0.3, 0.4) is 0 Å². The van der Waals surface area contributed by atoms with Crippen LogP contribution in [0.5, 0.6) is 5.75 Å². The third kappa shape index (κ3) is 3.59. The molecule has 1 aromatic carbocycles. The minimum Gasteiger partial charge on any atom is -0.497 e. The van der Waals surface area contributed by atoms with Crippen molar-refractivity contribution in [3.63, 3.8) is 0 Å². The number of methoxy groups -OCH3 is 1. The van der Waals surface area contributed by atoms with Gasteiger partial charge in [0, 0.05) is 5.56 Å². The van der Waals surface area contributed by atoms with E-state index in [9.17, 15) is 4.79 Å². The molecule has 22 heavy (non-hydrogen) atoms. The SMILES string of the molecule is COc1ccc(C(=O)NN2C(N)=NC(N)=NC2(C)C)cc1.Cl. The van der Waals surface area contributed by atoms with Gasteiger partial charge in [0.1, 0.15) is 5.75 Å². The molecule has 0 aromatic heterocycles. The quantitative estimate of drug-likeness (QED) is 0.745. The fraction of sp³-hybridized carbons (Fsp3) is 0.308. The highest BCUT2D eigenvalue weighted by Gasteiger charge is 2.33. The van der Waals surface area contributed by atoms with Crippen molar-refractivity contribution >= 4 is 30.2 Å². The van der Waals surface area contributed by atoms with Crippen LogP contribution in [-0.2, 0) is 0 Å². The minimum atomic E-state index is -0.821. The normalized spacial score (nSPS) is 16.0. The molecule has 0 saturated carbocycles. The van der Waals surface area contributed by atoms with Crippen molar-refractivity contribution in [2.45, 2.75) is 19.5 Å². The van der Waals surface area contributed by atoms with E-state index in [1.165, 1.54) is 5.01 Å². The predicted octanol–water partition coefficient (Wildman–Crippen LogP) is 0.443. The largest absolute Gasteiger partial charge is 0.497 e. The molecule has 0 saturated heterocycles. The number of carbonyl (C=O) groups is 1. The second-order valence-corrected chi connectivity index (χ2v) is 4.94. The summed E-state index contributed by atoms with van der Waals surface area (Å²) in [5, 5.41) is 1.37. The molecule has 120 valence electrons. The Kier molecular flexibility index (Phi) is 5.21. The summed E-state index contributed by atoms with van der Waals surface area (Å²) in [4.78, 5) is 20.2. The summed E-state index contributed by atoms with van der Waals surface area (Å²) in [7, 11) is 1.56. The number of guanidine groups is 2. The van der Waals surface area contributed by atoms with Crippen molar-refractivity contribution in [3.05, 3.63) is 29.8 Å². The number of nitrogens with two attached hydrogens (primary N) is 2. The summed E-state index contributed by atoms with van der Waals surface area (Å²) in [5.41, 5.74) is 13.7. The van der Waals surface area contributed by atoms with Crippen molar-refractivity contribution in [3.8, 4) is 5.75 Å². The molecule has 5 N–H and O–H groups in total. The van der Waals surface area contributed by atoms with Crippen LogP contribution < -0.4 is 21.6 Å². The van der Waals surface area contributed by atoms with Crippen molar-refractivity contribution in [1.82, 2.24) is 10.4 Å². The van der Waals surface area contributed by atoms with E-state index < -0.39 is 5.66 Å². The highest BCUT2D eigenvalue weighted by Crippen LogP contribution is 2.18. The maximum absolute atomic E-state index is 12.2. The standard InChI is InChI=1S/C13H18N6O2.ClH/c1-13(2)17-11(14)16-12(15)19(13)18-10(20)8-4-6-9(21-3)7-5-8;/h4-7H,1-3H3,(H,18,20)(H4,14,15,16,17);1H. The van der Waals surface area contributed by atoms with E-state index in [0.29, 0.717) is 11.3 Å². The molecule has 9 heteroatoms. The number of rotatable bonds is 3. The predicted molar refractivity (Wildman–Crippen MR) is 86.9 cm³/mol. The van der Waals surface area contributed by atoms with Crippen LogP contribution in [0.1, 0.15) is 24.2 Å². The first-order valence-electron chi connectivity index (χ1n) is 6.28. The molecule has 0 radical (unpaired) electrons. The Morgan fingerprint density at radius 3 is 2.36 bits per heavy atom. The third-order valence-corrected chi connectivity index (χ3v) is 2.96. The number of hydrazine groups is 1. The van der Waals surface area contributed by atoms with Crippen molar-refractivity contribution < 1.29 is 9.53 Å². The van der Waals surface area contributed by atoms with Gasteiger partial charge in [-0.2, -0.15) is 4.99 Å². The zero-order valence-corrected chi connectivity index (χ0v) is 13.3. The molecule has 8 nitrogen and oxygen atoms in total. The molecule has 0 unspecified atom stereocenters. The molecule has 2 rings (SSSR count). The molecule has 1 amide bonds. The van der Waals surface area contributed by atoms with Gasteiger partial charge >= 0.3 is 0 Å². The first-order chi connectivity index (χ1) is 9.83. The summed E-state index contributed by atoms with van der Waals surface area (Å²) in [6, 6.07) is 6.69. The number of nitrogens with zero attached hydrogens (tertiary/aromatic N) is 3. The van der Waals surface area contributed by atoms with Gasteiger partial charge in [-0.15, -0.1) is 12.4 Å². The van der Waals surface area contributed by atoms with E-state index in [1.54, 1.807) is 45.2 Å². The fourth-order valence-electron chi connectivity index (χ4n) is 1.91. The van der Waals surface area contributed by atoms with E-state index in [4.69, 9.17) is 16.2 Å². The molecule has 0 bridgehead atoms. The third-order valence-electron chi connectivity index (χ3n) is 2.96. The molecule has 1 aliphatic rings. The van der Waals surface area contributed by atoms with E-state index in [-0.39, 0.29) is 30.2 Å². The number of aliphatic imine (C=N–C) groups is 2. The topological polar surface area (TPSA) is 118 Å². The highest BCUT2D eigenvalue weighted by molar-refractivity contribution is 5.99. The van der Waals surface area contributed by atoms with Gasteiger partial charge < -0.3 is 16.2 Å². The average molecular weight is 327 g/mol. The number of ether oxygens (including phenoxy) is 1. The number of hydrogen-bond donors (Lipinski definition) is 3. The Morgan fingerprint density at radius 2 is 1.86 bits per heavy atom. The van der Waals surface area contributed by atoms with Crippen molar-refractivity contribution in [2.24, 2.45) is 21.5 Å². The van der Waals surface area contributed by atoms with Gasteiger partial charge in [0.15, 0.2) is 5.66 Å². The lowest BCUT2D eigenvalue weighted by Gasteiger charge is -2.37. The number of carbonyl (C=O) groups excluding carboxylic acids is 1. The molecule has 0 atom stereocenters. The second kappa shape index (κ2) is 6.52. The van der Waals surface area contributed by atoms with Gasteiger partial charge in [0.2, 0.25) is 11.9 Å². The van der Waals surface area contributed by atoms with Crippen LogP contribution in [0.15, 0.2) is 34.3 Å². The molecule has 1 aliphatic heterocycles. The molecule has 0 aliphatic carbocycles. The molecule has 1 aromatic rings. The summed E-state index contributed by atoms with van der Waals surface area (Å²) < 4.78 is 5.05. The lowest BCUT2D eigenvalue weighted by molar-refractivity contribution is 0.0752. The zero-order chi connectivity index (χ0) is 15.6. The first kappa shape index (κ1) is 17.6. The summed E-state index contributed by atoms with van der Waals surface area (Å²) in [6.07, 6.45) is 0. The summed E-state index contributed by atoms with van der Waals surface area (Å²) in [5.74, 6) is 0.490. The number of benzene rings is 1. The molecule has 0 spiro atoms. The van der Waals surface area contributed by atoms with E-state index in [1.807, 2.05) is 0 Å². The van der Waals surface area contributed by atoms with Crippen LogP contribution in [0, 0.1) is 0 Å². The fourth-order valence-corrected chi connectivity index (χ4v) is 1.91. The van der Waals surface area contributed by atoms with Gasteiger partial charge in [-0.25, -0.2) is 10.0 Å². The molecular formula is C13H19ClN6O2. The van der Waals surface area contributed by atoms with Gasteiger partial charge in [-0.3, -0.25) is 10.2 Å². The van der Waals surface area contributed by atoms with Gasteiger partial charge in [0.05, 0.1) is 7.11 Å². The van der Waals surface area contributed by atoms with Gasteiger partial charge in [-0.05, 0) is 38.1 Å². The number of amides is 1. The number of nitrogens with one attached hydrogen (secondary N) is 1. The van der Waals surface area contributed by atoms with E-state index >= 15 is 0 Å². The number of hydrogen-bond acceptors (Lipinski definition) is 7. The van der Waals surface area contributed by atoms with E-state index in [0.717, 1.165) is 0 Å². The van der Waals surface area contributed by atoms with Gasteiger partial charge in [0.25, 0.3) is 5.91 Å². The summed E-state index contributed by atoms with van der Waals surface area (Å²) >= 11 is 0. The summed E-state index contributed by atoms with van der Waals surface area (Å²) in [6.45, 7) is 3.52. The zero-order valence-electron chi connectivity index (χ0n) is 12.5. The Hall–Kier alpha value is -2.48. The Bertz CT molecular complexity index is 611. The number of halogens is 1. The van der Waals surface area contributed by atoms with Crippen LogP contribution in [0.4, 0.5) is 0 Å². The average Bonchev–Trinajstić information content (AvgIpc) is 2.42. The lowest BCUT2D eigenvalue weighted by Crippen LogP contribution is -2.61. The van der Waals surface area contributed by atoms with Crippen molar-refractivity contribution in [1.29, 1.82) is 0 Å². The monoisotopic (exact) mass is 326 g/mol. The minimum absolute atomic E-state index is 0. The molecule has 1 heterocycles. The Balaban J connectivity index is 0.00000242. The maximum atomic E-state index is 12.2. The molecule has 0 fully saturated rings. The first-order valence-corrected chi connectivity index (χ1v) is 6.28. The maximum Gasteiger partial charge on any atom is 0.269 e. The van der Waals surface area contributed by atoms with Crippen LogP contribution in [0.25, 0.3) is 0 Å². The van der Waals surface area contributed by atoms with Crippen LogP contribution >= 0.6 is 12.4 Å².